The van der Waals surface area contributed by atoms with Gasteiger partial charge in [-0.25, -0.2) is 8.42 Å². The van der Waals surface area contributed by atoms with Gasteiger partial charge in [-0.2, -0.15) is 0 Å². The van der Waals surface area contributed by atoms with Gasteiger partial charge in [-0.3, -0.25) is 4.90 Å². The number of hydrogen-bond donors (Lipinski definition) is 1. The van der Waals surface area contributed by atoms with Crippen LogP contribution in [0.2, 0.25) is 0 Å². The molecule has 0 spiro atoms. The number of likely N-dealkylation sites (tertiary alicyclic amines) is 1. The summed E-state index contributed by atoms with van der Waals surface area (Å²) in [5.41, 5.74) is 5.97. The Balaban J connectivity index is 2.50. The van der Waals surface area contributed by atoms with Crippen LogP contribution >= 0.6 is 0 Å². The first-order valence-electron chi connectivity index (χ1n) is 5.48. The van der Waals surface area contributed by atoms with Gasteiger partial charge in [0.25, 0.3) is 0 Å². The topological polar surface area (TPSA) is 63.4 Å². The second-order valence-corrected chi connectivity index (χ2v) is 6.98. The van der Waals surface area contributed by atoms with Gasteiger partial charge in [0.05, 0.1) is 5.75 Å². The fourth-order valence-electron chi connectivity index (χ4n) is 2.07. The zero-order chi connectivity index (χ0) is 11.6. The van der Waals surface area contributed by atoms with Gasteiger partial charge in [-0.05, 0) is 25.8 Å². The summed E-state index contributed by atoms with van der Waals surface area (Å²) in [4.78, 5) is 2.23. The van der Waals surface area contributed by atoms with E-state index in [4.69, 9.17) is 5.73 Å². The van der Waals surface area contributed by atoms with Gasteiger partial charge in [-0.15, -0.1) is 0 Å². The van der Waals surface area contributed by atoms with E-state index in [1.165, 1.54) is 6.26 Å². The minimum absolute atomic E-state index is 0.249. The van der Waals surface area contributed by atoms with Crippen molar-refractivity contribution in [2.24, 2.45) is 11.7 Å². The molecule has 0 aliphatic carbocycles. The van der Waals surface area contributed by atoms with Crippen LogP contribution in [0.5, 0.6) is 0 Å². The first kappa shape index (κ1) is 12.9. The smallest absolute Gasteiger partial charge is 0.148 e. The standard InChI is InChI=1S/C10H22N2O2S/c1-8-9(2)12(5-4-10(8)11)6-7-15(3,13)14/h8-10H,4-7,11H2,1-3H3. The molecule has 0 amide bonds. The van der Waals surface area contributed by atoms with Crippen LogP contribution in [-0.4, -0.2) is 50.5 Å². The Morgan fingerprint density at radius 3 is 2.53 bits per heavy atom. The second kappa shape index (κ2) is 4.80. The van der Waals surface area contributed by atoms with Crippen LogP contribution in [0.25, 0.3) is 0 Å². The number of nitrogens with zero attached hydrogens (tertiary/aromatic N) is 1. The van der Waals surface area contributed by atoms with Crippen molar-refractivity contribution in [3.8, 4) is 0 Å². The Morgan fingerprint density at radius 2 is 2.00 bits per heavy atom. The molecule has 0 bridgehead atoms. The molecule has 15 heavy (non-hydrogen) atoms. The van der Waals surface area contributed by atoms with E-state index < -0.39 is 9.84 Å². The zero-order valence-electron chi connectivity index (χ0n) is 9.81. The molecule has 4 nitrogen and oxygen atoms in total. The average Bonchev–Trinajstić information content (AvgIpc) is 2.12. The maximum absolute atomic E-state index is 11.1. The summed E-state index contributed by atoms with van der Waals surface area (Å²) in [6, 6.07) is 0.644. The third kappa shape index (κ3) is 3.74. The van der Waals surface area contributed by atoms with Crippen LogP contribution in [-0.2, 0) is 9.84 Å². The van der Waals surface area contributed by atoms with Crippen molar-refractivity contribution in [3.05, 3.63) is 0 Å². The lowest BCUT2D eigenvalue weighted by Crippen LogP contribution is -2.52. The summed E-state index contributed by atoms with van der Waals surface area (Å²) in [7, 11) is -2.85. The van der Waals surface area contributed by atoms with Crippen molar-refractivity contribution in [2.45, 2.75) is 32.4 Å². The van der Waals surface area contributed by atoms with E-state index in [1.54, 1.807) is 0 Å². The summed E-state index contributed by atoms with van der Waals surface area (Å²) in [5, 5.41) is 0. The molecular formula is C10H22N2O2S. The Kier molecular flexibility index (Phi) is 4.14. The summed E-state index contributed by atoms with van der Waals surface area (Å²) in [5.74, 6) is 0.692. The monoisotopic (exact) mass is 234 g/mol. The SMILES string of the molecule is CC1C(N)CCN(CCS(C)(=O)=O)C1C. The molecule has 1 aliphatic heterocycles. The maximum atomic E-state index is 11.1. The molecule has 1 rings (SSSR count). The number of nitrogens with two attached hydrogens (primary N) is 1. The Morgan fingerprint density at radius 1 is 1.40 bits per heavy atom. The van der Waals surface area contributed by atoms with Gasteiger partial charge in [-0.1, -0.05) is 6.92 Å². The normalized spacial score (nSPS) is 34.3. The minimum Gasteiger partial charge on any atom is -0.327 e. The molecule has 0 aromatic carbocycles. The van der Waals surface area contributed by atoms with Crippen molar-refractivity contribution in [2.75, 3.05) is 25.1 Å². The van der Waals surface area contributed by atoms with E-state index in [-0.39, 0.29) is 11.8 Å². The highest BCUT2D eigenvalue weighted by Gasteiger charge is 2.30. The quantitative estimate of drug-likeness (QED) is 0.751. The molecule has 5 heteroatoms. The molecule has 0 saturated carbocycles. The second-order valence-electron chi connectivity index (χ2n) is 4.72. The summed E-state index contributed by atoms with van der Waals surface area (Å²) in [6.45, 7) is 5.83. The highest BCUT2D eigenvalue weighted by atomic mass is 32.2. The van der Waals surface area contributed by atoms with Crippen LogP contribution < -0.4 is 5.73 Å². The highest BCUT2D eigenvalue weighted by Crippen LogP contribution is 2.21. The van der Waals surface area contributed by atoms with Crippen molar-refractivity contribution in [1.82, 2.24) is 4.90 Å². The number of sulfone groups is 1. The van der Waals surface area contributed by atoms with E-state index in [9.17, 15) is 8.42 Å². The molecule has 90 valence electrons. The molecule has 0 aromatic heterocycles. The van der Waals surface area contributed by atoms with Crippen LogP contribution in [0, 0.1) is 5.92 Å². The first-order valence-corrected chi connectivity index (χ1v) is 7.54. The van der Waals surface area contributed by atoms with Crippen LogP contribution in [0.1, 0.15) is 20.3 Å². The van der Waals surface area contributed by atoms with Gasteiger partial charge in [0.1, 0.15) is 9.84 Å². The molecule has 1 fully saturated rings. The molecule has 1 heterocycles. The van der Waals surface area contributed by atoms with E-state index in [0.29, 0.717) is 18.5 Å². The third-order valence-electron chi connectivity index (χ3n) is 3.51. The Labute approximate surface area is 92.7 Å². The van der Waals surface area contributed by atoms with Crippen molar-refractivity contribution >= 4 is 9.84 Å². The molecule has 1 saturated heterocycles. The fourth-order valence-corrected chi connectivity index (χ4v) is 2.64. The molecular weight excluding hydrogens is 212 g/mol. The summed E-state index contributed by atoms with van der Waals surface area (Å²) < 4.78 is 22.2. The van der Waals surface area contributed by atoms with E-state index in [2.05, 4.69) is 18.7 Å². The summed E-state index contributed by atoms with van der Waals surface area (Å²) in [6.07, 6.45) is 2.26. The van der Waals surface area contributed by atoms with Gasteiger partial charge in [0.2, 0.25) is 0 Å². The van der Waals surface area contributed by atoms with Crippen LogP contribution in [0.15, 0.2) is 0 Å². The lowest BCUT2D eigenvalue weighted by Gasteiger charge is -2.41. The molecule has 0 radical (unpaired) electrons. The molecule has 1 aliphatic rings. The van der Waals surface area contributed by atoms with Crippen LogP contribution in [0.3, 0.4) is 0 Å². The largest absolute Gasteiger partial charge is 0.327 e. The predicted octanol–water partition coefficient (Wildman–Crippen LogP) is 0.0886. The predicted molar refractivity (Wildman–Crippen MR) is 62.5 cm³/mol. The van der Waals surface area contributed by atoms with E-state index >= 15 is 0 Å². The minimum atomic E-state index is -2.85. The number of piperidine rings is 1. The Bertz CT molecular complexity index is 303. The number of rotatable bonds is 3. The van der Waals surface area contributed by atoms with Gasteiger partial charge in [0.15, 0.2) is 0 Å². The molecule has 3 atom stereocenters. The summed E-state index contributed by atoms with van der Waals surface area (Å²) >= 11 is 0. The molecule has 0 aromatic rings. The number of hydrogen-bond acceptors (Lipinski definition) is 4. The van der Waals surface area contributed by atoms with Crippen LogP contribution in [0.4, 0.5) is 0 Å². The molecule has 2 N–H and O–H groups in total. The highest BCUT2D eigenvalue weighted by molar-refractivity contribution is 7.90. The van der Waals surface area contributed by atoms with Gasteiger partial charge in [0, 0.05) is 24.9 Å². The lowest BCUT2D eigenvalue weighted by molar-refractivity contribution is 0.105. The van der Waals surface area contributed by atoms with Crippen molar-refractivity contribution < 1.29 is 8.42 Å². The average molecular weight is 234 g/mol. The van der Waals surface area contributed by atoms with Gasteiger partial charge < -0.3 is 5.73 Å². The molecule has 3 unspecified atom stereocenters. The third-order valence-corrected chi connectivity index (χ3v) is 4.44. The van der Waals surface area contributed by atoms with E-state index in [1.807, 2.05) is 0 Å². The Hall–Kier alpha value is -0.130. The van der Waals surface area contributed by atoms with E-state index in [0.717, 1.165) is 13.0 Å². The van der Waals surface area contributed by atoms with Gasteiger partial charge >= 0.3 is 0 Å². The van der Waals surface area contributed by atoms with Crippen molar-refractivity contribution in [1.29, 1.82) is 0 Å². The van der Waals surface area contributed by atoms with Crippen molar-refractivity contribution in [3.63, 3.8) is 0 Å². The zero-order valence-corrected chi connectivity index (χ0v) is 10.6. The maximum Gasteiger partial charge on any atom is 0.148 e. The first-order chi connectivity index (χ1) is 6.81. The fraction of sp³-hybridized carbons (Fsp3) is 1.00. The lowest BCUT2D eigenvalue weighted by atomic mass is 9.88.